The molecule has 1 aromatic carbocycles. The molecule has 21 heavy (non-hydrogen) atoms. The lowest BCUT2D eigenvalue weighted by Gasteiger charge is -2.25. The molecule has 7 heteroatoms. The topological polar surface area (TPSA) is 63.7 Å². The third-order valence-corrected chi connectivity index (χ3v) is 4.47. The zero-order valence-electron chi connectivity index (χ0n) is 12.6. The summed E-state index contributed by atoms with van der Waals surface area (Å²) < 4.78 is 28.1. The molecule has 0 unspecified atom stereocenters. The van der Waals surface area contributed by atoms with E-state index in [1.54, 1.807) is 11.0 Å². The summed E-state index contributed by atoms with van der Waals surface area (Å²) in [6, 6.07) is 4.64. The van der Waals surface area contributed by atoms with Crippen LogP contribution in [0.15, 0.2) is 23.1 Å². The molecule has 1 aromatic rings. The minimum Gasteiger partial charge on any atom is -0.495 e. The van der Waals surface area contributed by atoms with Crippen LogP contribution < -0.4 is 4.74 Å². The Kier molecular flexibility index (Phi) is 6.04. The fourth-order valence-electron chi connectivity index (χ4n) is 2.13. The number of methoxy groups -OCH3 is 1. The first-order valence-corrected chi connectivity index (χ1v) is 8.92. The van der Waals surface area contributed by atoms with Crippen molar-refractivity contribution in [3.8, 4) is 5.75 Å². The van der Waals surface area contributed by atoms with E-state index in [1.165, 1.54) is 19.2 Å². The van der Waals surface area contributed by atoms with Crippen LogP contribution in [0.4, 0.5) is 0 Å². The van der Waals surface area contributed by atoms with Crippen LogP contribution in [0.5, 0.6) is 5.75 Å². The van der Waals surface area contributed by atoms with E-state index in [0.29, 0.717) is 12.1 Å². The number of amides is 1. The van der Waals surface area contributed by atoms with Gasteiger partial charge in [0.15, 0.2) is 0 Å². The van der Waals surface area contributed by atoms with Crippen LogP contribution in [0.25, 0.3) is 0 Å². The SMILES string of the molecule is CCN(C(=O)Cc1ccc(OC)c(S(=O)(=O)Cl)c1)C(C)C. The van der Waals surface area contributed by atoms with E-state index in [9.17, 15) is 13.2 Å². The van der Waals surface area contributed by atoms with Gasteiger partial charge in [-0.15, -0.1) is 0 Å². The molecule has 0 aliphatic carbocycles. The van der Waals surface area contributed by atoms with Crippen LogP contribution in [0, 0.1) is 0 Å². The lowest BCUT2D eigenvalue weighted by Crippen LogP contribution is -2.37. The van der Waals surface area contributed by atoms with Crippen LogP contribution >= 0.6 is 10.7 Å². The second-order valence-electron chi connectivity index (χ2n) is 4.87. The number of carbonyl (C=O) groups is 1. The first-order chi connectivity index (χ1) is 9.70. The number of benzene rings is 1. The van der Waals surface area contributed by atoms with Gasteiger partial charge in [-0.05, 0) is 38.5 Å². The Morgan fingerprint density at radius 1 is 1.38 bits per heavy atom. The highest BCUT2D eigenvalue weighted by molar-refractivity contribution is 8.13. The fraction of sp³-hybridized carbons (Fsp3) is 0.500. The standard InChI is InChI=1S/C14H20ClNO4S/c1-5-16(10(2)3)14(17)9-11-6-7-12(20-4)13(8-11)21(15,18)19/h6-8,10H,5,9H2,1-4H3. The highest BCUT2D eigenvalue weighted by atomic mass is 35.7. The summed E-state index contributed by atoms with van der Waals surface area (Å²) in [7, 11) is 2.83. The van der Waals surface area contributed by atoms with Crippen molar-refractivity contribution in [3.05, 3.63) is 23.8 Å². The number of rotatable bonds is 6. The molecule has 0 aromatic heterocycles. The maximum absolute atomic E-state index is 12.2. The summed E-state index contributed by atoms with van der Waals surface area (Å²) in [5, 5.41) is 0. The van der Waals surface area contributed by atoms with Crippen molar-refractivity contribution in [2.24, 2.45) is 0 Å². The van der Waals surface area contributed by atoms with Gasteiger partial charge in [0.25, 0.3) is 9.05 Å². The average molecular weight is 334 g/mol. The Morgan fingerprint density at radius 3 is 2.43 bits per heavy atom. The van der Waals surface area contributed by atoms with Crippen molar-refractivity contribution in [1.29, 1.82) is 0 Å². The van der Waals surface area contributed by atoms with Crippen molar-refractivity contribution >= 4 is 25.6 Å². The summed E-state index contributed by atoms with van der Waals surface area (Å²) >= 11 is 0. The van der Waals surface area contributed by atoms with E-state index in [-0.39, 0.29) is 29.0 Å². The van der Waals surface area contributed by atoms with Gasteiger partial charge in [0.1, 0.15) is 10.6 Å². The predicted molar refractivity (Wildman–Crippen MR) is 82.3 cm³/mol. The molecule has 118 valence electrons. The van der Waals surface area contributed by atoms with E-state index in [2.05, 4.69) is 0 Å². The van der Waals surface area contributed by atoms with E-state index >= 15 is 0 Å². The van der Waals surface area contributed by atoms with E-state index < -0.39 is 9.05 Å². The lowest BCUT2D eigenvalue weighted by atomic mass is 10.1. The number of hydrogen-bond acceptors (Lipinski definition) is 4. The molecule has 0 atom stereocenters. The fourth-order valence-corrected chi connectivity index (χ4v) is 3.17. The monoisotopic (exact) mass is 333 g/mol. The zero-order chi connectivity index (χ0) is 16.2. The van der Waals surface area contributed by atoms with Crippen LogP contribution in [-0.4, -0.2) is 38.9 Å². The molecule has 0 heterocycles. The van der Waals surface area contributed by atoms with Gasteiger partial charge in [0.2, 0.25) is 5.91 Å². The molecule has 0 bridgehead atoms. The highest BCUT2D eigenvalue weighted by Gasteiger charge is 2.20. The third kappa shape index (κ3) is 4.61. The maximum atomic E-state index is 12.2. The van der Waals surface area contributed by atoms with Crippen molar-refractivity contribution in [3.63, 3.8) is 0 Å². The quantitative estimate of drug-likeness (QED) is 0.750. The summed E-state index contributed by atoms with van der Waals surface area (Å²) in [6.45, 7) is 6.38. The van der Waals surface area contributed by atoms with Crippen LogP contribution in [0.1, 0.15) is 26.3 Å². The van der Waals surface area contributed by atoms with Crippen molar-refractivity contribution in [2.45, 2.75) is 38.1 Å². The Morgan fingerprint density at radius 2 is 2.00 bits per heavy atom. The molecule has 0 radical (unpaired) electrons. The van der Waals surface area contributed by atoms with Crippen molar-refractivity contribution in [2.75, 3.05) is 13.7 Å². The molecular weight excluding hydrogens is 314 g/mol. The number of nitrogens with zero attached hydrogens (tertiary/aromatic N) is 1. The second-order valence-corrected chi connectivity index (χ2v) is 7.41. The molecule has 0 saturated carbocycles. The predicted octanol–water partition coefficient (Wildman–Crippen LogP) is 2.42. The molecular formula is C14H20ClNO4S. The van der Waals surface area contributed by atoms with Gasteiger partial charge in [-0.25, -0.2) is 8.42 Å². The normalized spacial score (nSPS) is 11.5. The molecule has 0 spiro atoms. The van der Waals surface area contributed by atoms with Gasteiger partial charge in [0.05, 0.1) is 13.5 Å². The molecule has 5 nitrogen and oxygen atoms in total. The van der Waals surface area contributed by atoms with Gasteiger partial charge in [-0.2, -0.15) is 0 Å². The smallest absolute Gasteiger partial charge is 0.264 e. The second kappa shape index (κ2) is 7.13. The summed E-state index contributed by atoms with van der Waals surface area (Å²) in [5.41, 5.74) is 0.583. The number of hydrogen-bond donors (Lipinski definition) is 0. The molecule has 0 aliphatic heterocycles. The van der Waals surface area contributed by atoms with E-state index in [1.807, 2.05) is 20.8 Å². The first-order valence-electron chi connectivity index (χ1n) is 6.61. The Hall–Kier alpha value is -1.27. The van der Waals surface area contributed by atoms with Crippen molar-refractivity contribution < 1.29 is 17.9 Å². The van der Waals surface area contributed by atoms with Gasteiger partial charge < -0.3 is 9.64 Å². The van der Waals surface area contributed by atoms with Gasteiger partial charge in [0, 0.05) is 23.3 Å². The Labute approximate surface area is 130 Å². The third-order valence-electron chi connectivity index (χ3n) is 3.13. The largest absolute Gasteiger partial charge is 0.495 e. The van der Waals surface area contributed by atoms with E-state index in [0.717, 1.165) is 0 Å². The van der Waals surface area contributed by atoms with Crippen LogP contribution in [0.3, 0.4) is 0 Å². The van der Waals surface area contributed by atoms with Crippen molar-refractivity contribution in [1.82, 2.24) is 4.90 Å². The minimum absolute atomic E-state index is 0.0596. The number of likely N-dealkylation sites (N-methyl/N-ethyl adjacent to an activating group) is 1. The minimum atomic E-state index is -3.92. The summed E-state index contributed by atoms with van der Waals surface area (Å²) in [5.74, 6) is 0.105. The maximum Gasteiger partial charge on any atom is 0.264 e. The molecule has 0 fully saturated rings. The molecule has 0 saturated heterocycles. The Balaban J connectivity index is 3.09. The lowest BCUT2D eigenvalue weighted by molar-refractivity contribution is -0.131. The number of carbonyl (C=O) groups excluding carboxylic acids is 1. The average Bonchev–Trinajstić information content (AvgIpc) is 2.37. The van der Waals surface area contributed by atoms with Gasteiger partial charge in [-0.3, -0.25) is 4.79 Å². The highest BCUT2D eigenvalue weighted by Crippen LogP contribution is 2.28. The molecule has 0 aliphatic rings. The van der Waals surface area contributed by atoms with Gasteiger partial charge in [-0.1, -0.05) is 6.07 Å². The van der Waals surface area contributed by atoms with E-state index in [4.69, 9.17) is 15.4 Å². The summed E-state index contributed by atoms with van der Waals surface area (Å²) in [6.07, 6.45) is 0.120. The van der Waals surface area contributed by atoms with Gasteiger partial charge >= 0.3 is 0 Å². The first kappa shape index (κ1) is 17.8. The molecule has 1 rings (SSSR count). The molecule has 1 amide bonds. The summed E-state index contributed by atoms with van der Waals surface area (Å²) in [4.78, 5) is 13.8. The van der Waals surface area contributed by atoms with Crippen LogP contribution in [-0.2, 0) is 20.3 Å². The number of halogens is 1. The Bertz CT molecular complexity index is 613. The number of ether oxygens (including phenoxy) is 1. The zero-order valence-corrected chi connectivity index (χ0v) is 14.2. The van der Waals surface area contributed by atoms with Crippen LogP contribution in [0.2, 0.25) is 0 Å². The molecule has 0 N–H and O–H groups in total.